The minimum Gasteiger partial charge on any atom is -0.348 e. The van der Waals surface area contributed by atoms with Gasteiger partial charge in [0.15, 0.2) is 0 Å². The summed E-state index contributed by atoms with van der Waals surface area (Å²) in [5.41, 5.74) is -0.311. The molecule has 0 radical (unpaired) electrons. The molecule has 0 aliphatic rings. The highest BCUT2D eigenvalue weighted by Crippen LogP contribution is 2.16. The van der Waals surface area contributed by atoms with Crippen molar-refractivity contribution in [2.75, 3.05) is 27.2 Å². The van der Waals surface area contributed by atoms with Crippen molar-refractivity contribution >= 4 is 5.91 Å². The van der Waals surface area contributed by atoms with E-state index in [4.69, 9.17) is 5.26 Å². The molecule has 1 amide bonds. The molecule has 4 nitrogen and oxygen atoms in total. The molecule has 0 aromatic heterocycles. The van der Waals surface area contributed by atoms with Crippen LogP contribution in [0.15, 0.2) is 0 Å². The van der Waals surface area contributed by atoms with Crippen LogP contribution in [-0.2, 0) is 4.79 Å². The normalized spacial score (nSPS) is 10.8. The Kier molecular flexibility index (Phi) is 5.18. The number of hydrogen-bond donors (Lipinski definition) is 1. The molecule has 1 N–H and O–H groups in total. The minimum atomic E-state index is -0.311. The second kappa shape index (κ2) is 5.61. The predicted octanol–water partition coefficient (Wildman–Crippen LogP) is 0.604. The Bertz CT molecular complexity index is 228. The number of nitrogens with zero attached hydrogens (tertiary/aromatic N) is 2. The Morgan fingerprint density at radius 3 is 2.50 bits per heavy atom. The number of hydrogen-bond acceptors (Lipinski definition) is 3. The SMILES string of the molecule is CN(C)C(=O)CNCCC(C)(C)C#N. The van der Waals surface area contributed by atoms with Gasteiger partial charge in [0.25, 0.3) is 0 Å². The van der Waals surface area contributed by atoms with E-state index in [1.54, 1.807) is 19.0 Å². The second-order valence-corrected chi connectivity index (χ2v) is 4.21. The van der Waals surface area contributed by atoms with Gasteiger partial charge in [-0.3, -0.25) is 4.79 Å². The van der Waals surface area contributed by atoms with Gasteiger partial charge in [0.05, 0.1) is 18.0 Å². The summed E-state index contributed by atoms with van der Waals surface area (Å²) >= 11 is 0. The molecule has 0 rings (SSSR count). The summed E-state index contributed by atoms with van der Waals surface area (Å²) in [6.45, 7) is 4.82. The van der Waals surface area contributed by atoms with Gasteiger partial charge in [-0.05, 0) is 26.8 Å². The van der Waals surface area contributed by atoms with E-state index in [1.807, 2.05) is 13.8 Å². The number of carbonyl (C=O) groups excluding carboxylic acids is 1. The fourth-order valence-corrected chi connectivity index (χ4v) is 0.810. The Morgan fingerprint density at radius 1 is 1.50 bits per heavy atom. The molecule has 14 heavy (non-hydrogen) atoms. The lowest BCUT2D eigenvalue weighted by molar-refractivity contribution is -0.127. The number of rotatable bonds is 5. The minimum absolute atomic E-state index is 0.0553. The maximum Gasteiger partial charge on any atom is 0.236 e. The highest BCUT2D eigenvalue weighted by atomic mass is 16.2. The zero-order valence-electron chi connectivity index (χ0n) is 9.42. The fraction of sp³-hybridized carbons (Fsp3) is 0.800. The first kappa shape index (κ1) is 12.9. The van der Waals surface area contributed by atoms with Crippen LogP contribution < -0.4 is 5.32 Å². The first-order valence-corrected chi connectivity index (χ1v) is 4.71. The van der Waals surface area contributed by atoms with Gasteiger partial charge in [0.1, 0.15) is 0 Å². The lowest BCUT2D eigenvalue weighted by Gasteiger charge is -2.16. The zero-order valence-corrected chi connectivity index (χ0v) is 9.42. The van der Waals surface area contributed by atoms with Crippen molar-refractivity contribution in [2.24, 2.45) is 5.41 Å². The third-order valence-electron chi connectivity index (χ3n) is 2.00. The molecule has 0 spiro atoms. The summed E-state index contributed by atoms with van der Waals surface area (Å²) < 4.78 is 0. The molecule has 0 heterocycles. The molecule has 0 bridgehead atoms. The number of carbonyl (C=O) groups is 1. The highest BCUT2D eigenvalue weighted by molar-refractivity contribution is 5.77. The van der Waals surface area contributed by atoms with Crippen LogP contribution in [0, 0.1) is 16.7 Å². The molecule has 80 valence electrons. The van der Waals surface area contributed by atoms with E-state index < -0.39 is 0 Å². The molecule has 0 aromatic carbocycles. The van der Waals surface area contributed by atoms with Crippen LogP contribution >= 0.6 is 0 Å². The largest absolute Gasteiger partial charge is 0.348 e. The molecule has 0 atom stereocenters. The van der Waals surface area contributed by atoms with E-state index in [0.717, 1.165) is 6.42 Å². The number of amides is 1. The standard InChI is InChI=1S/C10H19N3O/c1-10(2,8-11)5-6-12-7-9(14)13(3)4/h12H,5-7H2,1-4H3. The third-order valence-corrected chi connectivity index (χ3v) is 2.00. The average Bonchev–Trinajstić information content (AvgIpc) is 2.12. The van der Waals surface area contributed by atoms with Gasteiger partial charge in [-0.25, -0.2) is 0 Å². The summed E-state index contributed by atoms with van der Waals surface area (Å²) in [7, 11) is 3.45. The van der Waals surface area contributed by atoms with Crippen molar-refractivity contribution in [1.82, 2.24) is 10.2 Å². The van der Waals surface area contributed by atoms with E-state index in [9.17, 15) is 4.79 Å². The van der Waals surface area contributed by atoms with Crippen molar-refractivity contribution in [3.05, 3.63) is 0 Å². The molecule has 0 unspecified atom stereocenters. The summed E-state index contributed by atoms with van der Waals surface area (Å²) in [6.07, 6.45) is 0.754. The van der Waals surface area contributed by atoms with Gasteiger partial charge in [-0.2, -0.15) is 5.26 Å². The Hall–Kier alpha value is -1.08. The molecule has 0 saturated heterocycles. The lowest BCUT2D eigenvalue weighted by atomic mass is 9.91. The van der Waals surface area contributed by atoms with Crippen molar-refractivity contribution in [3.8, 4) is 6.07 Å². The Labute approximate surface area is 85.9 Å². The van der Waals surface area contributed by atoms with E-state index in [0.29, 0.717) is 13.1 Å². The molecular formula is C10H19N3O. The molecule has 0 saturated carbocycles. The van der Waals surface area contributed by atoms with Crippen molar-refractivity contribution in [3.63, 3.8) is 0 Å². The monoisotopic (exact) mass is 197 g/mol. The summed E-state index contributed by atoms with van der Waals surface area (Å²) in [5, 5.41) is 11.8. The summed E-state index contributed by atoms with van der Waals surface area (Å²) in [4.78, 5) is 12.7. The quantitative estimate of drug-likeness (QED) is 0.657. The van der Waals surface area contributed by atoms with Crippen molar-refractivity contribution in [2.45, 2.75) is 20.3 Å². The van der Waals surface area contributed by atoms with Gasteiger partial charge < -0.3 is 10.2 Å². The number of nitrogens with one attached hydrogen (secondary N) is 1. The predicted molar refractivity (Wildman–Crippen MR) is 55.6 cm³/mol. The molecule has 0 aliphatic heterocycles. The molecule has 0 aliphatic carbocycles. The van der Waals surface area contributed by atoms with Crippen LogP contribution in [0.4, 0.5) is 0 Å². The van der Waals surface area contributed by atoms with Gasteiger partial charge in [0.2, 0.25) is 5.91 Å². The van der Waals surface area contributed by atoms with Crippen LogP contribution in [0.2, 0.25) is 0 Å². The van der Waals surface area contributed by atoms with Gasteiger partial charge in [-0.1, -0.05) is 0 Å². The van der Waals surface area contributed by atoms with E-state index in [2.05, 4.69) is 11.4 Å². The van der Waals surface area contributed by atoms with Gasteiger partial charge >= 0.3 is 0 Å². The molecule has 4 heteroatoms. The molecule has 0 aromatic rings. The van der Waals surface area contributed by atoms with Crippen LogP contribution in [0.1, 0.15) is 20.3 Å². The highest BCUT2D eigenvalue weighted by Gasteiger charge is 2.15. The van der Waals surface area contributed by atoms with Crippen LogP contribution in [0.25, 0.3) is 0 Å². The van der Waals surface area contributed by atoms with E-state index in [-0.39, 0.29) is 11.3 Å². The smallest absolute Gasteiger partial charge is 0.236 e. The Balaban J connectivity index is 3.59. The zero-order chi connectivity index (χ0) is 11.2. The fourth-order valence-electron chi connectivity index (χ4n) is 0.810. The first-order valence-electron chi connectivity index (χ1n) is 4.71. The maximum absolute atomic E-state index is 11.1. The molecular weight excluding hydrogens is 178 g/mol. The second-order valence-electron chi connectivity index (χ2n) is 4.21. The number of nitriles is 1. The van der Waals surface area contributed by atoms with Crippen molar-refractivity contribution < 1.29 is 4.79 Å². The lowest BCUT2D eigenvalue weighted by Crippen LogP contribution is -2.34. The van der Waals surface area contributed by atoms with Crippen LogP contribution in [0.3, 0.4) is 0 Å². The van der Waals surface area contributed by atoms with Crippen LogP contribution in [0.5, 0.6) is 0 Å². The topological polar surface area (TPSA) is 56.1 Å². The van der Waals surface area contributed by atoms with Crippen molar-refractivity contribution in [1.29, 1.82) is 5.26 Å². The van der Waals surface area contributed by atoms with Crippen LogP contribution in [-0.4, -0.2) is 38.0 Å². The number of likely N-dealkylation sites (N-methyl/N-ethyl adjacent to an activating group) is 1. The third kappa shape index (κ3) is 5.55. The van der Waals surface area contributed by atoms with E-state index in [1.165, 1.54) is 0 Å². The summed E-state index contributed by atoms with van der Waals surface area (Å²) in [6, 6.07) is 2.22. The Morgan fingerprint density at radius 2 is 2.07 bits per heavy atom. The average molecular weight is 197 g/mol. The van der Waals surface area contributed by atoms with Gasteiger partial charge in [-0.15, -0.1) is 0 Å². The molecule has 0 fully saturated rings. The summed E-state index contributed by atoms with van der Waals surface area (Å²) in [5.74, 6) is 0.0553. The van der Waals surface area contributed by atoms with Gasteiger partial charge in [0, 0.05) is 14.1 Å². The maximum atomic E-state index is 11.1. The van der Waals surface area contributed by atoms with E-state index >= 15 is 0 Å². The first-order chi connectivity index (χ1) is 6.39.